The van der Waals surface area contributed by atoms with Crippen LogP contribution in [0.25, 0.3) is 11.1 Å². The first-order valence-electron chi connectivity index (χ1n) is 7.53. The predicted molar refractivity (Wildman–Crippen MR) is 88.8 cm³/mol. The average Bonchev–Trinajstić information content (AvgIpc) is 2.46. The zero-order valence-electron chi connectivity index (χ0n) is 13.5. The fraction of sp³-hybridized carbons (Fsp3) is 0.316. The number of carbonyl (C=O) groups excluding carboxylic acids is 1. The lowest BCUT2D eigenvalue weighted by atomic mass is 9.98. The Morgan fingerprint density at radius 1 is 0.818 bits per heavy atom. The smallest absolute Gasteiger partial charge is 0.150 e. The second-order valence-electron chi connectivity index (χ2n) is 5.67. The van der Waals surface area contributed by atoms with E-state index < -0.39 is 0 Å². The second kappa shape index (κ2) is 7.12. The monoisotopic (exact) mass is 298 g/mol. The van der Waals surface area contributed by atoms with Crippen molar-refractivity contribution in [3.05, 3.63) is 48.0 Å². The Morgan fingerprint density at radius 3 is 1.86 bits per heavy atom. The number of ether oxygens (including phenoxy) is 2. The van der Waals surface area contributed by atoms with Crippen LogP contribution < -0.4 is 9.47 Å². The van der Waals surface area contributed by atoms with Crippen molar-refractivity contribution in [2.45, 2.75) is 39.9 Å². The van der Waals surface area contributed by atoms with Crippen LogP contribution in [0.5, 0.6) is 11.5 Å². The summed E-state index contributed by atoms with van der Waals surface area (Å²) in [7, 11) is 0. The lowest BCUT2D eigenvalue weighted by Gasteiger charge is -2.20. The fourth-order valence-corrected chi connectivity index (χ4v) is 2.31. The number of benzene rings is 2. The summed E-state index contributed by atoms with van der Waals surface area (Å²) in [6.07, 6.45) is 0.938. The summed E-state index contributed by atoms with van der Waals surface area (Å²) >= 11 is 0. The minimum atomic E-state index is 0.0384. The molecule has 0 aliphatic rings. The van der Waals surface area contributed by atoms with Crippen LogP contribution in [0, 0.1) is 0 Å². The highest BCUT2D eigenvalue weighted by Crippen LogP contribution is 2.40. The quantitative estimate of drug-likeness (QED) is 0.723. The number of hydrogen-bond acceptors (Lipinski definition) is 3. The standard InChI is InChI=1S/C19H22O3/c1-13(2)21-17-10-7-11-18(22-14(3)4)19(17)16-9-6-5-8-15(16)12-20/h5-14H,1-4H3. The SMILES string of the molecule is CC(C)Oc1cccc(OC(C)C)c1-c1ccccc1C=O. The van der Waals surface area contributed by atoms with Gasteiger partial charge in [0.2, 0.25) is 0 Å². The molecular formula is C19H22O3. The number of rotatable bonds is 6. The van der Waals surface area contributed by atoms with E-state index >= 15 is 0 Å². The molecule has 22 heavy (non-hydrogen) atoms. The van der Waals surface area contributed by atoms with Gasteiger partial charge in [-0.15, -0.1) is 0 Å². The van der Waals surface area contributed by atoms with E-state index in [1.807, 2.05) is 64.1 Å². The van der Waals surface area contributed by atoms with E-state index in [1.165, 1.54) is 0 Å². The van der Waals surface area contributed by atoms with Crippen LogP contribution in [0.15, 0.2) is 42.5 Å². The third-order valence-electron chi connectivity index (χ3n) is 3.07. The first-order chi connectivity index (χ1) is 10.5. The Bertz CT molecular complexity index is 617. The highest BCUT2D eigenvalue weighted by Gasteiger charge is 2.17. The van der Waals surface area contributed by atoms with Gasteiger partial charge in [-0.2, -0.15) is 0 Å². The molecule has 0 heterocycles. The third-order valence-corrected chi connectivity index (χ3v) is 3.07. The highest BCUT2D eigenvalue weighted by molar-refractivity contribution is 5.91. The van der Waals surface area contributed by atoms with Crippen LogP contribution in [0.4, 0.5) is 0 Å². The van der Waals surface area contributed by atoms with E-state index in [4.69, 9.17) is 9.47 Å². The van der Waals surface area contributed by atoms with Crippen LogP contribution >= 0.6 is 0 Å². The lowest BCUT2D eigenvalue weighted by molar-refractivity contribution is 0.112. The summed E-state index contributed by atoms with van der Waals surface area (Å²) in [6, 6.07) is 13.2. The van der Waals surface area contributed by atoms with Gasteiger partial charge in [-0.1, -0.05) is 30.3 Å². The molecule has 2 aromatic carbocycles. The van der Waals surface area contributed by atoms with Crippen molar-refractivity contribution >= 4 is 6.29 Å². The van der Waals surface area contributed by atoms with E-state index in [0.717, 1.165) is 28.9 Å². The van der Waals surface area contributed by atoms with Crippen molar-refractivity contribution in [2.24, 2.45) is 0 Å². The Labute approximate surface area is 131 Å². The molecule has 0 aromatic heterocycles. The fourth-order valence-electron chi connectivity index (χ4n) is 2.31. The normalized spacial score (nSPS) is 10.8. The molecule has 2 aromatic rings. The molecule has 0 unspecified atom stereocenters. The van der Waals surface area contributed by atoms with Crippen molar-refractivity contribution in [3.63, 3.8) is 0 Å². The van der Waals surface area contributed by atoms with Gasteiger partial charge < -0.3 is 9.47 Å². The molecule has 0 aliphatic heterocycles. The van der Waals surface area contributed by atoms with Gasteiger partial charge >= 0.3 is 0 Å². The van der Waals surface area contributed by atoms with Gasteiger partial charge in [0.1, 0.15) is 11.5 Å². The molecule has 0 saturated carbocycles. The van der Waals surface area contributed by atoms with Gasteiger partial charge in [0.05, 0.1) is 17.8 Å². The van der Waals surface area contributed by atoms with Gasteiger partial charge in [0, 0.05) is 5.56 Å². The molecule has 3 nitrogen and oxygen atoms in total. The number of aldehydes is 1. The molecule has 0 bridgehead atoms. The van der Waals surface area contributed by atoms with Crippen LogP contribution in [0.2, 0.25) is 0 Å². The summed E-state index contributed by atoms with van der Waals surface area (Å²) in [5.41, 5.74) is 2.27. The van der Waals surface area contributed by atoms with Crippen LogP contribution in [-0.2, 0) is 0 Å². The molecule has 0 aliphatic carbocycles. The van der Waals surface area contributed by atoms with E-state index in [9.17, 15) is 4.79 Å². The van der Waals surface area contributed by atoms with Crippen molar-refractivity contribution in [2.75, 3.05) is 0 Å². The van der Waals surface area contributed by atoms with Crippen LogP contribution in [0.1, 0.15) is 38.1 Å². The van der Waals surface area contributed by atoms with E-state index in [-0.39, 0.29) is 12.2 Å². The van der Waals surface area contributed by atoms with Gasteiger partial charge in [-0.25, -0.2) is 0 Å². The van der Waals surface area contributed by atoms with Gasteiger partial charge in [-0.3, -0.25) is 4.79 Å². The summed E-state index contributed by atoms with van der Waals surface area (Å²) < 4.78 is 11.9. The van der Waals surface area contributed by atoms with Crippen molar-refractivity contribution in [1.29, 1.82) is 0 Å². The molecular weight excluding hydrogens is 276 g/mol. The van der Waals surface area contributed by atoms with Crippen LogP contribution in [0.3, 0.4) is 0 Å². The van der Waals surface area contributed by atoms with Gasteiger partial charge in [-0.05, 0) is 45.4 Å². The summed E-state index contributed by atoms with van der Waals surface area (Å²) in [5.74, 6) is 1.45. The maximum Gasteiger partial charge on any atom is 0.150 e. The first-order valence-corrected chi connectivity index (χ1v) is 7.53. The Kier molecular flexibility index (Phi) is 5.21. The van der Waals surface area contributed by atoms with Crippen LogP contribution in [-0.4, -0.2) is 18.5 Å². The van der Waals surface area contributed by atoms with Crippen molar-refractivity contribution < 1.29 is 14.3 Å². The summed E-state index contributed by atoms with van der Waals surface area (Å²) in [6.45, 7) is 7.91. The molecule has 0 N–H and O–H groups in total. The lowest BCUT2D eigenvalue weighted by Crippen LogP contribution is -2.10. The maximum absolute atomic E-state index is 11.4. The minimum Gasteiger partial charge on any atom is -0.490 e. The van der Waals surface area contributed by atoms with E-state index in [1.54, 1.807) is 6.07 Å². The summed E-state index contributed by atoms with van der Waals surface area (Å²) in [4.78, 5) is 11.4. The van der Waals surface area contributed by atoms with E-state index in [2.05, 4.69) is 0 Å². The molecule has 2 rings (SSSR count). The zero-order valence-corrected chi connectivity index (χ0v) is 13.5. The van der Waals surface area contributed by atoms with E-state index in [0.29, 0.717) is 5.56 Å². The molecule has 0 atom stereocenters. The molecule has 0 saturated heterocycles. The van der Waals surface area contributed by atoms with Gasteiger partial charge in [0.15, 0.2) is 6.29 Å². The second-order valence-corrected chi connectivity index (χ2v) is 5.67. The molecule has 0 spiro atoms. The molecule has 3 heteroatoms. The zero-order chi connectivity index (χ0) is 16.1. The van der Waals surface area contributed by atoms with Crippen molar-refractivity contribution in [3.8, 4) is 22.6 Å². The topological polar surface area (TPSA) is 35.5 Å². The molecule has 0 fully saturated rings. The van der Waals surface area contributed by atoms with Crippen molar-refractivity contribution in [1.82, 2.24) is 0 Å². The molecule has 116 valence electrons. The number of hydrogen-bond donors (Lipinski definition) is 0. The largest absolute Gasteiger partial charge is 0.490 e. The van der Waals surface area contributed by atoms with Gasteiger partial charge in [0.25, 0.3) is 0 Å². The number of carbonyl (C=O) groups is 1. The Morgan fingerprint density at radius 2 is 1.36 bits per heavy atom. The minimum absolute atomic E-state index is 0.0384. The highest BCUT2D eigenvalue weighted by atomic mass is 16.5. The Balaban J connectivity index is 2.65. The first kappa shape index (κ1) is 16.1. The predicted octanol–water partition coefficient (Wildman–Crippen LogP) is 4.74. The summed E-state index contributed by atoms with van der Waals surface area (Å²) in [5, 5.41) is 0. The Hall–Kier alpha value is -2.29. The average molecular weight is 298 g/mol. The third kappa shape index (κ3) is 3.67. The maximum atomic E-state index is 11.4. The molecule has 0 amide bonds. The molecule has 0 radical (unpaired) electrons.